The summed E-state index contributed by atoms with van der Waals surface area (Å²) in [6.07, 6.45) is 16.0. The van der Waals surface area contributed by atoms with Gasteiger partial charge in [-0.25, -0.2) is 0 Å². The average molecular weight is 316 g/mol. The van der Waals surface area contributed by atoms with Crippen molar-refractivity contribution in [1.82, 2.24) is 0 Å². The molecule has 0 saturated heterocycles. The van der Waals surface area contributed by atoms with Gasteiger partial charge in [0.15, 0.2) is 0 Å². The molecule has 13 heavy (non-hydrogen) atoms. The Morgan fingerprint density at radius 3 is 1.77 bits per heavy atom. The summed E-state index contributed by atoms with van der Waals surface area (Å²) in [6.45, 7) is 0. The molecule has 0 N–H and O–H groups in total. The van der Waals surface area contributed by atoms with Crippen molar-refractivity contribution in [3.05, 3.63) is 43.0 Å². The second-order valence-electron chi connectivity index (χ2n) is 2.77. The van der Waals surface area contributed by atoms with Crippen molar-refractivity contribution in [3.8, 4) is 0 Å². The monoisotopic (exact) mass is 314 g/mol. The van der Waals surface area contributed by atoms with Crippen LogP contribution in [0.1, 0.15) is 12.8 Å². The molecule has 0 spiro atoms. The zero-order valence-corrected chi connectivity index (χ0v) is 11.8. The molecule has 0 aromatic rings. The zero-order chi connectivity index (χ0) is 9.52. The zero-order valence-electron chi connectivity index (χ0n) is 7.76. The van der Waals surface area contributed by atoms with Crippen LogP contribution in [0.25, 0.3) is 0 Å². The number of allylic oxidation sites excluding steroid dienone is 8. The van der Waals surface area contributed by atoms with Crippen molar-refractivity contribution in [2.75, 3.05) is 5.83 Å². The SMILES string of the molecule is C1=CC[C]([Zr][C]2=CC=CC2)=C1.CBr. The van der Waals surface area contributed by atoms with Gasteiger partial charge in [-0.1, -0.05) is 15.9 Å². The molecule has 2 heteroatoms. The van der Waals surface area contributed by atoms with E-state index >= 15 is 0 Å². The maximum atomic E-state index is 2.94. The van der Waals surface area contributed by atoms with E-state index in [1.165, 1.54) is 12.8 Å². The molecule has 0 unspecified atom stereocenters. The molecule has 0 bridgehead atoms. The van der Waals surface area contributed by atoms with Crippen molar-refractivity contribution in [2.45, 2.75) is 12.8 Å². The molecular formula is C11H13BrZr. The van der Waals surface area contributed by atoms with Crippen LogP contribution in [-0.4, -0.2) is 5.83 Å². The van der Waals surface area contributed by atoms with Gasteiger partial charge in [0.05, 0.1) is 0 Å². The molecule has 0 saturated carbocycles. The van der Waals surface area contributed by atoms with Crippen molar-refractivity contribution in [3.63, 3.8) is 0 Å². The number of halogens is 1. The molecule has 0 amide bonds. The van der Waals surface area contributed by atoms with Crippen LogP contribution in [-0.2, 0) is 23.2 Å². The van der Waals surface area contributed by atoms with Crippen molar-refractivity contribution in [1.29, 1.82) is 0 Å². The topological polar surface area (TPSA) is 0 Å². The van der Waals surface area contributed by atoms with Gasteiger partial charge >= 0.3 is 79.1 Å². The third-order valence-corrected chi connectivity index (χ3v) is 5.27. The van der Waals surface area contributed by atoms with Crippen LogP contribution in [0.15, 0.2) is 43.0 Å². The summed E-state index contributed by atoms with van der Waals surface area (Å²) in [5.41, 5.74) is 0. The summed E-state index contributed by atoms with van der Waals surface area (Å²) in [5.74, 6) is 1.81. The predicted molar refractivity (Wildman–Crippen MR) is 58.5 cm³/mol. The van der Waals surface area contributed by atoms with E-state index in [9.17, 15) is 0 Å². The number of alkyl halides is 1. The minimum atomic E-state index is -0.312. The molecule has 0 aliphatic heterocycles. The summed E-state index contributed by atoms with van der Waals surface area (Å²) < 4.78 is 3.45. The van der Waals surface area contributed by atoms with Gasteiger partial charge in [0, 0.05) is 0 Å². The van der Waals surface area contributed by atoms with Gasteiger partial charge in [0.25, 0.3) is 0 Å². The van der Waals surface area contributed by atoms with Crippen LogP contribution < -0.4 is 0 Å². The van der Waals surface area contributed by atoms with Crippen LogP contribution in [0.3, 0.4) is 0 Å². The fourth-order valence-electron chi connectivity index (χ4n) is 1.29. The smallest absolute Gasteiger partial charge is 0.00848 e. The van der Waals surface area contributed by atoms with E-state index in [2.05, 4.69) is 52.4 Å². The van der Waals surface area contributed by atoms with Crippen molar-refractivity contribution >= 4 is 15.9 Å². The van der Waals surface area contributed by atoms with Crippen LogP contribution >= 0.6 is 15.9 Å². The molecule has 0 radical (unpaired) electrons. The Hall–Kier alpha value is 0.323. The first-order chi connectivity index (χ1) is 6.45. The Morgan fingerprint density at radius 2 is 1.46 bits per heavy atom. The van der Waals surface area contributed by atoms with Crippen LogP contribution in [0, 0.1) is 0 Å². The minimum Gasteiger partial charge on any atom is -0.0966 e. The van der Waals surface area contributed by atoms with Gasteiger partial charge in [0.1, 0.15) is 0 Å². The molecule has 0 atom stereocenters. The summed E-state index contributed by atoms with van der Waals surface area (Å²) in [7, 11) is 0. The molecule has 0 nitrogen and oxygen atoms in total. The van der Waals surface area contributed by atoms with E-state index in [-0.39, 0.29) is 23.2 Å². The molecular weight excluding hydrogens is 303 g/mol. The largest absolute Gasteiger partial charge is 0.0966 e. The maximum absolute atomic E-state index is 2.94. The third-order valence-electron chi connectivity index (χ3n) is 1.86. The predicted octanol–water partition coefficient (Wildman–Crippen LogP) is 3.77. The molecule has 0 heterocycles. The van der Waals surface area contributed by atoms with E-state index in [0.717, 1.165) is 0 Å². The second kappa shape index (κ2) is 6.73. The quantitative estimate of drug-likeness (QED) is 0.680. The van der Waals surface area contributed by atoms with E-state index in [4.69, 9.17) is 0 Å². The summed E-state index contributed by atoms with van der Waals surface area (Å²) >= 11 is 2.63. The number of hydrogen-bond acceptors (Lipinski definition) is 0. The van der Waals surface area contributed by atoms with Gasteiger partial charge < -0.3 is 0 Å². The fourth-order valence-corrected chi connectivity index (χ4v) is 4.26. The number of rotatable bonds is 2. The van der Waals surface area contributed by atoms with Crippen molar-refractivity contribution in [2.24, 2.45) is 0 Å². The summed E-state index contributed by atoms with van der Waals surface area (Å²) in [5, 5.41) is 0. The minimum absolute atomic E-state index is 0.312. The number of hydrogen-bond donors (Lipinski definition) is 0. The average Bonchev–Trinajstić information content (AvgIpc) is 2.81. The first-order valence-electron chi connectivity index (χ1n) is 4.31. The third kappa shape index (κ3) is 3.91. The summed E-state index contributed by atoms with van der Waals surface area (Å²) in [6, 6.07) is 0. The van der Waals surface area contributed by atoms with Gasteiger partial charge in [-0.05, 0) is 5.83 Å². The maximum Gasteiger partial charge on any atom is -0.00848 e. The molecule has 2 aliphatic carbocycles. The standard InChI is InChI=1S/2C5H5.CH3Br.Zr/c2*1-2-4-5-3-1;1-2;/h2*1-3H,4H2;1H3;. The fraction of sp³-hybridized carbons (Fsp3) is 0.273. The van der Waals surface area contributed by atoms with Crippen molar-refractivity contribution < 1.29 is 23.2 Å². The first kappa shape index (κ1) is 11.4. The second-order valence-corrected chi connectivity index (χ2v) is 6.55. The van der Waals surface area contributed by atoms with Crippen LogP contribution in [0.4, 0.5) is 0 Å². The van der Waals surface area contributed by atoms with Gasteiger partial charge in [0.2, 0.25) is 0 Å². The molecule has 0 aromatic carbocycles. The molecule has 2 aliphatic rings. The Morgan fingerprint density at radius 1 is 1.00 bits per heavy atom. The van der Waals surface area contributed by atoms with E-state index in [0.29, 0.717) is 0 Å². The van der Waals surface area contributed by atoms with E-state index < -0.39 is 0 Å². The molecule has 68 valence electrons. The Bertz CT molecular complexity index is 244. The van der Waals surface area contributed by atoms with Gasteiger partial charge in [-0.15, -0.1) is 0 Å². The normalized spacial score (nSPS) is 17.7. The Kier molecular flexibility index (Phi) is 5.90. The molecule has 0 aromatic heterocycles. The summed E-state index contributed by atoms with van der Waals surface area (Å²) in [4.78, 5) is 0. The van der Waals surface area contributed by atoms with E-state index in [1.54, 1.807) is 6.56 Å². The Balaban J connectivity index is 0.000000396. The Labute approximate surface area is 100 Å². The van der Waals surface area contributed by atoms with E-state index in [1.807, 2.05) is 5.83 Å². The van der Waals surface area contributed by atoms with Crippen LogP contribution in [0.2, 0.25) is 0 Å². The molecule has 2 rings (SSSR count). The van der Waals surface area contributed by atoms with Gasteiger partial charge in [-0.2, -0.15) is 0 Å². The van der Waals surface area contributed by atoms with Crippen LogP contribution in [0.5, 0.6) is 0 Å². The van der Waals surface area contributed by atoms with Gasteiger partial charge in [-0.3, -0.25) is 0 Å². The first-order valence-corrected chi connectivity index (χ1v) is 8.36. The molecule has 0 fully saturated rings.